The number of rotatable bonds is 5. The minimum Gasteiger partial charge on any atom is -0.461 e. The molecule has 0 atom stereocenters. The monoisotopic (exact) mass is 293 g/mol. The number of halogens is 1. The topological polar surface area (TPSA) is 29.5 Å². The molecule has 0 aromatic rings. The van der Waals surface area contributed by atoms with E-state index >= 15 is 0 Å². The van der Waals surface area contributed by atoms with Crippen LogP contribution in [0.4, 0.5) is 0 Å². The number of likely N-dealkylation sites (N-methyl/N-ethyl adjacent to an activating group) is 1. The van der Waals surface area contributed by atoms with Crippen LogP contribution in [0.2, 0.25) is 0 Å². The van der Waals surface area contributed by atoms with E-state index in [1.54, 1.807) is 6.92 Å². The van der Waals surface area contributed by atoms with Crippen molar-refractivity contribution in [3.63, 3.8) is 0 Å². The Hall–Kier alpha value is -0.350. The Kier molecular flexibility index (Phi) is 8.84. The Labute approximate surface area is 110 Å². The van der Waals surface area contributed by atoms with Crippen LogP contribution in [0.5, 0.6) is 0 Å². The Morgan fingerprint density at radius 2 is 1.88 bits per heavy atom. The second-order valence-electron chi connectivity index (χ2n) is 4.67. The van der Waals surface area contributed by atoms with Crippen LogP contribution in [-0.2, 0) is 9.53 Å². The van der Waals surface area contributed by atoms with Crippen LogP contribution in [0.15, 0.2) is 12.2 Å². The summed E-state index contributed by atoms with van der Waals surface area (Å²) in [6, 6.07) is 0. The van der Waals surface area contributed by atoms with Gasteiger partial charge >= 0.3 is 5.97 Å². The molecule has 3 nitrogen and oxygen atoms in total. The standard InChI is InChI=1S/C12H23NO2.BrH/c1-7-13(12(4,5)6)8-9-15-11(14)10(2)3;/h2,7-9H2,1,3-6H3;1H. The van der Waals surface area contributed by atoms with Crippen LogP contribution in [0, 0.1) is 0 Å². The van der Waals surface area contributed by atoms with Gasteiger partial charge in [0.15, 0.2) is 0 Å². The molecule has 0 rings (SSSR count). The lowest BCUT2D eigenvalue weighted by molar-refractivity contribution is -0.139. The van der Waals surface area contributed by atoms with Crippen LogP contribution >= 0.6 is 17.0 Å². The molecule has 0 aliphatic heterocycles. The van der Waals surface area contributed by atoms with Crippen LogP contribution in [-0.4, -0.2) is 36.1 Å². The number of ether oxygens (including phenoxy) is 1. The highest BCUT2D eigenvalue weighted by atomic mass is 79.9. The van der Waals surface area contributed by atoms with E-state index in [0.29, 0.717) is 12.2 Å². The first kappa shape index (κ1) is 18.0. The number of nitrogens with zero attached hydrogens (tertiary/aromatic N) is 1. The molecule has 0 aliphatic rings. The summed E-state index contributed by atoms with van der Waals surface area (Å²) in [5, 5.41) is 0. The lowest BCUT2D eigenvalue weighted by atomic mass is 10.1. The third kappa shape index (κ3) is 7.01. The quantitative estimate of drug-likeness (QED) is 0.577. The number of hydrogen-bond donors (Lipinski definition) is 0. The first-order valence-corrected chi connectivity index (χ1v) is 5.36. The molecule has 0 bridgehead atoms. The summed E-state index contributed by atoms with van der Waals surface area (Å²) in [6.45, 7) is 15.9. The Morgan fingerprint density at radius 1 is 1.38 bits per heavy atom. The first-order chi connectivity index (χ1) is 6.79. The zero-order chi connectivity index (χ0) is 12.1. The molecule has 0 saturated carbocycles. The van der Waals surface area contributed by atoms with Crippen LogP contribution < -0.4 is 0 Å². The van der Waals surface area contributed by atoms with Crippen molar-refractivity contribution >= 4 is 23.0 Å². The number of carbonyl (C=O) groups excluding carboxylic acids is 1. The maximum atomic E-state index is 11.1. The van der Waals surface area contributed by atoms with Gasteiger partial charge in [-0.05, 0) is 34.2 Å². The van der Waals surface area contributed by atoms with Crippen molar-refractivity contribution < 1.29 is 9.53 Å². The predicted molar refractivity (Wildman–Crippen MR) is 73.1 cm³/mol. The van der Waals surface area contributed by atoms with Crippen molar-refractivity contribution in [1.29, 1.82) is 0 Å². The molecule has 0 spiro atoms. The Morgan fingerprint density at radius 3 is 2.19 bits per heavy atom. The predicted octanol–water partition coefficient (Wildman–Crippen LogP) is 2.80. The molecule has 16 heavy (non-hydrogen) atoms. The summed E-state index contributed by atoms with van der Waals surface area (Å²) in [4.78, 5) is 13.4. The van der Waals surface area contributed by atoms with E-state index in [-0.39, 0.29) is 28.5 Å². The van der Waals surface area contributed by atoms with Gasteiger partial charge in [0.1, 0.15) is 6.61 Å². The summed E-state index contributed by atoms with van der Waals surface area (Å²) in [5.41, 5.74) is 0.568. The smallest absolute Gasteiger partial charge is 0.333 e. The molecule has 0 saturated heterocycles. The summed E-state index contributed by atoms with van der Waals surface area (Å²) in [6.07, 6.45) is 0. The molecular formula is C12H24BrNO2. The Bertz CT molecular complexity index is 234. The minimum absolute atomic E-state index is 0. The van der Waals surface area contributed by atoms with Gasteiger partial charge in [-0.1, -0.05) is 13.5 Å². The van der Waals surface area contributed by atoms with E-state index in [9.17, 15) is 4.79 Å². The van der Waals surface area contributed by atoms with Gasteiger partial charge in [0.05, 0.1) is 0 Å². The third-order valence-corrected chi connectivity index (χ3v) is 2.27. The van der Waals surface area contributed by atoms with Gasteiger partial charge in [-0.25, -0.2) is 4.79 Å². The maximum absolute atomic E-state index is 11.1. The largest absolute Gasteiger partial charge is 0.461 e. The van der Waals surface area contributed by atoms with Crippen molar-refractivity contribution in [3.8, 4) is 0 Å². The molecule has 96 valence electrons. The highest BCUT2D eigenvalue weighted by Gasteiger charge is 2.19. The molecule has 0 unspecified atom stereocenters. The molecule has 4 heteroatoms. The van der Waals surface area contributed by atoms with E-state index in [1.807, 2.05) is 0 Å². The van der Waals surface area contributed by atoms with Crippen molar-refractivity contribution in [2.75, 3.05) is 19.7 Å². The first-order valence-electron chi connectivity index (χ1n) is 5.36. The lowest BCUT2D eigenvalue weighted by Crippen LogP contribution is -2.43. The fourth-order valence-corrected chi connectivity index (χ4v) is 1.34. The van der Waals surface area contributed by atoms with Gasteiger partial charge in [-0.15, -0.1) is 17.0 Å². The van der Waals surface area contributed by atoms with Gasteiger partial charge in [0.25, 0.3) is 0 Å². The minimum atomic E-state index is -0.306. The molecule has 0 aromatic carbocycles. The van der Waals surface area contributed by atoms with Crippen LogP contribution in [0.25, 0.3) is 0 Å². The van der Waals surface area contributed by atoms with Crippen molar-refractivity contribution in [3.05, 3.63) is 12.2 Å². The molecule has 0 radical (unpaired) electrons. The van der Waals surface area contributed by atoms with Crippen LogP contribution in [0.1, 0.15) is 34.6 Å². The summed E-state index contributed by atoms with van der Waals surface area (Å²) in [7, 11) is 0. The average molecular weight is 294 g/mol. The average Bonchev–Trinajstić information content (AvgIpc) is 2.09. The van der Waals surface area contributed by atoms with Crippen molar-refractivity contribution in [1.82, 2.24) is 4.90 Å². The molecule has 0 N–H and O–H groups in total. The zero-order valence-electron chi connectivity index (χ0n) is 11.0. The second kappa shape index (κ2) is 7.85. The van der Waals surface area contributed by atoms with E-state index in [0.717, 1.165) is 13.1 Å². The summed E-state index contributed by atoms with van der Waals surface area (Å²) < 4.78 is 5.05. The molecule has 0 aliphatic carbocycles. The molecule has 0 amide bonds. The SMILES string of the molecule is Br.C=C(C)C(=O)OCCN(CC)C(C)(C)C. The van der Waals surface area contributed by atoms with E-state index in [1.165, 1.54) is 0 Å². The number of hydrogen-bond acceptors (Lipinski definition) is 3. The van der Waals surface area contributed by atoms with Gasteiger partial charge in [-0.2, -0.15) is 0 Å². The summed E-state index contributed by atoms with van der Waals surface area (Å²) in [5.74, 6) is -0.306. The molecule has 0 heterocycles. The second-order valence-corrected chi connectivity index (χ2v) is 4.67. The zero-order valence-corrected chi connectivity index (χ0v) is 12.7. The summed E-state index contributed by atoms with van der Waals surface area (Å²) >= 11 is 0. The van der Waals surface area contributed by atoms with Gasteiger partial charge in [0, 0.05) is 17.7 Å². The fourth-order valence-electron chi connectivity index (χ4n) is 1.34. The molecule has 0 fully saturated rings. The lowest BCUT2D eigenvalue weighted by Gasteiger charge is -2.34. The van der Waals surface area contributed by atoms with E-state index < -0.39 is 0 Å². The van der Waals surface area contributed by atoms with Crippen molar-refractivity contribution in [2.45, 2.75) is 40.2 Å². The Balaban J connectivity index is 0. The normalized spacial score (nSPS) is 10.9. The van der Waals surface area contributed by atoms with E-state index in [4.69, 9.17) is 4.74 Å². The number of carbonyl (C=O) groups is 1. The van der Waals surface area contributed by atoms with Gasteiger partial charge in [-0.3, -0.25) is 4.90 Å². The van der Waals surface area contributed by atoms with Gasteiger partial charge < -0.3 is 4.74 Å². The molecular weight excluding hydrogens is 270 g/mol. The fraction of sp³-hybridized carbons (Fsp3) is 0.750. The molecule has 0 aromatic heterocycles. The van der Waals surface area contributed by atoms with Crippen molar-refractivity contribution in [2.24, 2.45) is 0 Å². The third-order valence-electron chi connectivity index (χ3n) is 2.27. The van der Waals surface area contributed by atoms with Gasteiger partial charge in [0.2, 0.25) is 0 Å². The van der Waals surface area contributed by atoms with Crippen LogP contribution in [0.3, 0.4) is 0 Å². The highest BCUT2D eigenvalue weighted by Crippen LogP contribution is 2.11. The highest BCUT2D eigenvalue weighted by molar-refractivity contribution is 8.93. The number of esters is 1. The van der Waals surface area contributed by atoms with E-state index in [2.05, 4.69) is 39.2 Å². The maximum Gasteiger partial charge on any atom is 0.333 e.